The zero-order valence-corrected chi connectivity index (χ0v) is 12.5. The van der Waals surface area contributed by atoms with Gasteiger partial charge in [0.25, 0.3) is 0 Å². The molecule has 0 spiro atoms. The second kappa shape index (κ2) is 7.43. The summed E-state index contributed by atoms with van der Waals surface area (Å²) in [6, 6.07) is 7.80. The molecule has 0 aliphatic carbocycles. The molecule has 2 rings (SSSR count). The number of aliphatic hydroxyl groups excluding tert-OH is 1. The van der Waals surface area contributed by atoms with E-state index < -0.39 is 6.10 Å². The van der Waals surface area contributed by atoms with Gasteiger partial charge in [0.15, 0.2) is 0 Å². The van der Waals surface area contributed by atoms with Crippen molar-refractivity contribution >= 4 is 5.91 Å². The van der Waals surface area contributed by atoms with Crippen LogP contribution in [0, 0.1) is 12.8 Å². The van der Waals surface area contributed by atoms with Crippen molar-refractivity contribution in [3.63, 3.8) is 0 Å². The maximum Gasteiger partial charge on any atom is 0.220 e. The van der Waals surface area contributed by atoms with Crippen LogP contribution in [-0.4, -0.2) is 43.4 Å². The van der Waals surface area contributed by atoms with Crippen molar-refractivity contribution in [3.05, 3.63) is 29.8 Å². The van der Waals surface area contributed by atoms with Crippen LogP contribution in [0.25, 0.3) is 0 Å². The lowest BCUT2D eigenvalue weighted by Gasteiger charge is -2.29. The normalized spacial score (nSPS) is 23.5. The molecule has 0 saturated carbocycles. The third-order valence-electron chi connectivity index (χ3n) is 4.05. The van der Waals surface area contributed by atoms with Crippen LogP contribution in [0.4, 0.5) is 0 Å². The van der Waals surface area contributed by atoms with E-state index in [9.17, 15) is 9.90 Å². The van der Waals surface area contributed by atoms with Gasteiger partial charge in [-0.3, -0.25) is 4.79 Å². The van der Waals surface area contributed by atoms with Crippen LogP contribution in [0.3, 0.4) is 0 Å². The first kappa shape index (κ1) is 15.8. The van der Waals surface area contributed by atoms with Crippen LogP contribution >= 0.6 is 0 Å². The summed E-state index contributed by atoms with van der Waals surface area (Å²) in [5.74, 6) is 0.600. The molecule has 1 aliphatic heterocycles. The molecule has 1 heterocycles. The quantitative estimate of drug-likeness (QED) is 0.663. The molecule has 1 fully saturated rings. The minimum Gasteiger partial charge on any atom is -0.491 e. The Morgan fingerprint density at radius 3 is 2.81 bits per heavy atom. The maximum atomic E-state index is 11.1. The number of aryl methyl sites for hydroxylation is 1. The molecular formula is C16H25N2O3+. The fourth-order valence-corrected chi connectivity index (χ4v) is 2.80. The van der Waals surface area contributed by atoms with Crippen molar-refractivity contribution in [2.24, 2.45) is 11.7 Å². The summed E-state index contributed by atoms with van der Waals surface area (Å²) in [6.07, 6.45) is 1.14. The van der Waals surface area contributed by atoms with Gasteiger partial charge in [0, 0.05) is 18.8 Å². The second-order valence-electron chi connectivity index (χ2n) is 5.91. The zero-order chi connectivity index (χ0) is 15.2. The van der Waals surface area contributed by atoms with E-state index in [1.165, 1.54) is 4.90 Å². The van der Waals surface area contributed by atoms with Crippen LogP contribution in [0.15, 0.2) is 24.3 Å². The van der Waals surface area contributed by atoms with E-state index in [1.54, 1.807) is 0 Å². The number of amides is 1. The molecule has 1 aromatic carbocycles. The van der Waals surface area contributed by atoms with Crippen molar-refractivity contribution in [2.45, 2.75) is 25.9 Å². The highest BCUT2D eigenvalue weighted by molar-refractivity contribution is 5.76. The Labute approximate surface area is 125 Å². The Morgan fingerprint density at radius 2 is 2.19 bits per heavy atom. The van der Waals surface area contributed by atoms with E-state index >= 15 is 0 Å². The third kappa shape index (κ3) is 5.02. The van der Waals surface area contributed by atoms with Gasteiger partial charge in [-0.2, -0.15) is 0 Å². The summed E-state index contributed by atoms with van der Waals surface area (Å²) in [7, 11) is 0. The Kier molecular flexibility index (Phi) is 5.59. The van der Waals surface area contributed by atoms with E-state index in [2.05, 4.69) is 0 Å². The molecule has 1 atom stereocenters. The highest BCUT2D eigenvalue weighted by Gasteiger charge is 2.27. The average Bonchev–Trinajstić information content (AvgIpc) is 2.46. The second-order valence-corrected chi connectivity index (χ2v) is 5.91. The Bertz CT molecular complexity index is 470. The number of nitrogens with two attached hydrogens (primary N) is 1. The maximum absolute atomic E-state index is 11.1. The van der Waals surface area contributed by atoms with Gasteiger partial charge in [-0.05, 0) is 24.6 Å². The number of carbonyl (C=O) groups is 1. The fraction of sp³-hybridized carbons (Fsp3) is 0.562. The van der Waals surface area contributed by atoms with E-state index in [4.69, 9.17) is 10.5 Å². The molecule has 4 N–H and O–H groups in total. The topological polar surface area (TPSA) is 77.0 Å². The van der Waals surface area contributed by atoms with Gasteiger partial charge < -0.3 is 20.5 Å². The van der Waals surface area contributed by atoms with Gasteiger partial charge in [0.05, 0.1) is 13.1 Å². The molecule has 1 saturated heterocycles. The minimum atomic E-state index is -0.495. The Morgan fingerprint density at radius 1 is 1.48 bits per heavy atom. The number of aliphatic hydroxyl groups is 1. The van der Waals surface area contributed by atoms with E-state index in [-0.39, 0.29) is 11.8 Å². The number of rotatable bonds is 6. The summed E-state index contributed by atoms with van der Waals surface area (Å²) >= 11 is 0. The van der Waals surface area contributed by atoms with E-state index in [0.717, 1.165) is 37.2 Å². The number of ether oxygens (including phenoxy) is 1. The summed E-state index contributed by atoms with van der Waals surface area (Å²) in [4.78, 5) is 12.4. The Hall–Kier alpha value is -1.59. The summed E-state index contributed by atoms with van der Waals surface area (Å²) < 4.78 is 5.61. The molecule has 0 radical (unpaired) electrons. The molecule has 21 heavy (non-hydrogen) atoms. The van der Waals surface area contributed by atoms with Crippen LogP contribution in [0.1, 0.15) is 18.4 Å². The molecular weight excluding hydrogens is 268 g/mol. The molecule has 116 valence electrons. The smallest absolute Gasteiger partial charge is 0.220 e. The predicted octanol–water partition coefficient (Wildman–Crippen LogP) is -0.485. The number of piperidine rings is 1. The van der Waals surface area contributed by atoms with Crippen LogP contribution < -0.4 is 15.4 Å². The molecule has 1 amide bonds. The van der Waals surface area contributed by atoms with Gasteiger partial charge >= 0.3 is 0 Å². The summed E-state index contributed by atoms with van der Waals surface area (Å²) in [5, 5.41) is 10.1. The van der Waals surface area contributed by atoms with Gasteiger partial charge in [0.1, 0.15) is 25.0 Å². The molecule has 0 unspecified atom stereocenters. The lowest BCUT2D eigenvalue weighted by atomic mass is 9.96. The number of likely N-dealkylation sites (tertiary alicyclic amines) is 1. The largest absolute Gasteiger partial charge is 0.491 e. The van der Waals surface area contributed by atoms with Crippen LogP contribution in [0.5, 0.6) is 5.75 Å². The average molecular weight is 293 g/mol. The lowest BCUT2D eigenvalue weighted by Crippen LogP contribution is -3.14. The molecule has 1 aromatic rings. The Balaban J connectivity index is 1.70. The summed E-state index contributed by atoms with van der Waals surface area (Å²) in [5.41, 5.74) is 6.46. The lowest BCUT2D eigenvalue weighted by molar-refractivity contribution is -0.908. The predicted molar refractivity (Wildman–Crippen MR) is 80.2 cm³/mol. The number of primary amides is 1. The van der Waals surface area contributed by atoms with Crippen LogP contribution in [-0.2, 0) is 4.79 Å². The van der Waals surface area contributed by atoms with Crippen LogP contribution in [0.2, 0.25) is 0 Å². The molecule has 0 bridgehead atoms. The van der Waals surface area contributed by atoms with Gasteiger partial charge in [0.2, 0.25) is 5.91 Å². The first-order chi connectivity index (χ1) is 10.0. The zero-order valence-electron chi connectivity index (χ0n) is 12.5. The number of quaternary nitrogens is 1. The van der Waals surface area contributed by atoms with E-state index in [0.29, 0.717) is 13.2 Å². The molecule has 5 heteroatoms. The number of hydrogen-bond donors (Lipinski definition) is 3. The van der Waals surface area contributed by atoms with Gasteiger partial charge in [-0.1, -0.05) is 12.1 Å². The van der Waals surface area contributed by atoms with Crippen molar-refractivity contribution in [1.29, 1.82) is 0 Å². The minimum absolute atomic E-state index is 0.00874. The number of hydrogen-bond acceptors (Lipinski definition) is 3. The number of benzene rings is 1. The standard InChI is InChI=1S/C16H24N2O3/c1-12-3-2-4-15(9-12)21-11-14(19)10-18-7-5-13(6-8-18)16(17)20/h2-4,9,13-14,19H,5-8,10-11H2,1H3,(H2,17,20)/p+1/t14-/m0/s1. The molecule has 0 aromatic heterocycles. The van der Waals surface area contributed by atoms with E-state index in [1.807, 2.05) is 31.2 Å². The summed E-state index contributed by atoms with van der Waals surface area (Å²) in [6.45, 7) is 4.73. The third-order valence-corrected chi connectivity index (χ3v) is 4.05. The highest BCUT2D eigenvalue weighted by atomic mass is 16.5. The monoisotopic (exact) mass is 293 g/mol. The van der Waals surface area contributed by atoms with Gasteiger partial charge in [-0.25, -0.2) is 0 Å². The fourth-order valence-electron chi connectivity index (χ4n) is 2.80. The molecule has 5 nitrogen and oxygen atoms in total. The van der Waals surface area contributed by atoms with Crippen molar-refractivity contribution < 1.29 is 19.5 Å². The van der Waals surface area contributed by atoms with Crippen molar-refractivity contribution in [2.75, 3.05) is 26.2 Å². The highest BCUT2D eigenvalue weighted by Crippen LogP contribution is 2.12. The van der Waals surface area contributed by atoms with Gasteiger partial charge in [-0.15, -0.1) is 0 Å². The number of nitrogens with one attached hydrogen (secondary N) is 1. The van der Waals surface area contributed by atoms with Crippen molar-refractivity contribution in [3.8, 4) is 5.75 Å². The first-order valence-corrected chi connectivity index (χ1v) is 7.55. The SMILES string of the molecule is Cc1cccc(OC[C@@H](O)C[NH+]2CCC(C(N)=O)CC2)c1. The number of carbonyl (C=O) groups excluding carboxylic acids is 1. The first-order valence-electron chi connectivity index (χ1n) is 7.55. The molecule has 1 aliphatic rings. The van der Waals surface area contributed by atoms with Crippen molar-refractivity contribution in [1.82, 2.24) is 0 Å².